The molecule has 0 spiro atoms. The lowest BCUT2D eigenvalue weighted by atomic mass is 9.73. The molecule has 1 aliphatic rings. The number of alkyl halides is 1. The highest BCUT2D eigenvalue weighted by atomic mass is 79.9. The fourth-order valence-corrected chi connectivity index (χ4v) is 4.13. The van der Waals surface area contributed by atoms with E-state index in [-0.39, 0.29) is 5.41 Å². The molecule has 0 saturated carbocycles. The lowest BCUT2D eigenvalue weighted by molar-refractivity contribution is 0.415. The van der Waals surface area contributed by atoms with Crippen molar-refractivity contribution in [2.75, 3.05) is 0 Å². The molecule has 3 rings (SSSR count). The van der Waals surface area contributed by atoms with E-state index in [4.69, 9.17) is 4.74 Å². The number of rotatable bonds is 4. The molecule has 22 heavy (non-hydrogen) atoms. The van der Waals surface area contributed by atoms with Gasteiger partial charge in [-0.05, 0) is 24.1 Å². The third kappa shape index (κ3) is 2.58. The first-order chi connectivity index (χ1) is 10.6. The van der Waals surface area contributed by atoms with Crippen molar-refractivity contribution in [3.8, 4) is 11.5 Å². The van der Waals surface area contributed by atoms with Crippen LogP contribution in [0.4, 0.5) is 0 Å². The molecule has 0 radical (unpaired) electrons. The zero-order valence-electron chi connectivity index (χ0n) is 13.5. The minimum atomic E-state index is -0.0427. The van der Waals surface area contributed by atoms with Crippen molar-refractivity contribution in [1.82, 2.24) is 0 Å². The van der Waals surface area contributed by atoms with E-state index < -0.39 is 0 Å². The summed E-state index contributed by atoms with van der Waals surface area (Å²) >= 11 is 3.90. The summed E-state index contributed by atoms with van der Waals surface area (Å²) in [5.41, 5.74) is 3.92. The highest BCUT2D eigenvalue weighted by molar-refractivity contribution is 9.09. The standard InChI is InChI=1S/C20H23BrO/c1-4-5-11-16(21)14-9-8-13-18-19(14)20(2,3)15-10-6-7-12-17(15)22-18/h6-10,12-13,16H,4-5,11H2,1-3H3. The third-order valence-electron chi connectivity index (χ3n) is 4.61. The Kier molecular flexibility index (Phi) is 4.31. The summed E-state index contributed by atoms with van der Waals surface area (Å²) in [6, 6.07) is 14.8. The molecule has 0 aliphatic carbocycles. The van der Waals surface area contributed by atoms with Crippen LogP contribution < -0.4 is 4.74 Å². The average molecular weight is 359 g/mol. The Morgan fingerprint density at radius 3 is 2.55 bits per heavy atom. The smallest absolute Gasteiger partial charge is 0.131 e. The number of unbranched alkanes of at least 4 members (excludes halogenated alkanes) is 1. The van der Waals surface area contributed by atoms with Gasteiger partial charge < -0.3 is 4.74 Å². The van der Waals surface area contributed by atoms with Gasteiger partial charge in [0.1, 0.15) is 11.5 Å². The third-order valence-corrected chi connectivity index (χ3v) is 5.56. The summed E-state index contributed by atoms with van der Waals surface area (Å²) in [5.74, 6) is 1.99. The van der Waals surface area contributed by atoms with Crippen molar-refractivity contribution in [1.29, 1.82) is 0 Å². The molecule has 0 N–H and O–H groups in total. The van der Waals surface area contributed by atoms with Crippen LogP contribution in [0.3, 0.4) is 0 Å². The van der Waals surface area contributed by atoms with Gasteiger partial charge in [-0.3, -0.25) is 0 Å². The molecule has 1 unspecified atom stereocenters. The number of para-hydroxylation sites is 1. The van der Waals surface area contributed by atoms with E-state index in [0.717, 1.165) is 17.9 Å². The predicted molar refractivity (Wildman–Crippen MR) is 96.3 cm³/mol. The summed E-state index contributed by atoms with van der Waals surface area (Å²) in [6.45, 7) is 6.84. The number of halogens is 1. The molecule has 1 nitrogen and oxygen atoms in total. The van der Waals surface area contributed by atoms with E-state index in [1.807, 2.05) is 6.07 Å². The molecule has 0 aromatic heterocycles. The van der Waals surface area contributed by atoms with Gasteiger partial charge >= 0.3 is 0 Å². The second kappa shape index (κ2) is 6.08. The maximum absolute atomic E-state index is 6.19. The highest BCUT2D eigenvalue weighted by Crippen LogP contribution is 2.51. The molecule has 0 bridgehead atoms. The lowest BCUT2D eigenvalue weighted by Crippen LogP contribution is -2.26. The van der Waals surface area contributed by atoms with Gasteiger partial charge in [-0.25, -0.2) is 0 Å². The molecule has 2 aromatic carbocycles. The van der Waals surface area contributed by atoms with Gasteiger partial charge in [0, 0.05) is 21.4 Å². The van der Waals surface area contributed by atoms with E-state index >= 15 is 0 Å². The monoisotopic (exact) mass is 358 g/mol. The summed E-state index contributed by atoms with van der Waals surface area (Å²) in [4.78, 5) is 0.385. The Labute approximate surface area is 141 Å². The van der Waals surface area contributed by atoms with Crippen LogP contribution in [0, 0.1) is 0 Å². The SMILES string of the molecule is CCCCC(Br)c1cccc2c1C(C)(C)c1ccccc1O2. The number of fused-ring (bicyclic) bond motifs is 2. The Morgan fingerprint density at radius 2 is 1.77 bits per heavy atom. The van der Waals surface area contributed by atoms with Gasteiger partial charge in [0.2, 0.25) is 0 Å². The molecule has 1 heterocycles. The van der Waals surface area contributed by atoms with Crippen molar-refractivity contribution in [2.24, 2.45) is 0 Å². The lowest BCUT2D eigenvalue weighted by Gasteiger charge is -2.37. The van der Waals surface area contributed by atoms with Crippen LogP contribution >= 0.6 is 15.9 Å². The molecular weight excluding hydrogens is 336 g/mol. The van der Waals surface area contributed by atoms with Gasteiger partial charge in [-0.1, -0.05) is 79.9 Å². The van der Waals surface area contributed by atoms with Gasteiger partial charge in [0.15, 0.2) is 0 Å². The first-order valence-electron chi connectivity index (χ1n) is 8.10. The number of ether oxygens (including phenoxy) is 1. The van der Waals surface area contributed by atoms with Gasteiger partial charge in [-0.15, -0.1) is 0 Å². The minimum Gasteiger partial charge on any atom is -0.457 e. The van der Waals surface area contributed by atoms with Crippen LogP contribution in [0.15, 0.2) is 42.5 Å². The van der Waals surface area contributed by atoms with E-state index in [2.05, 4.69) is 73.1 Å². The number of hydrogen-bond donors (Lipinski definition) is 0. The topological polar surface area (TPSA) is 9.23 Å². The second-order valence-corrected chi connectivity index (χ2v) is 7.66. The average Bonchev–Trinajstić information content (AvgIpc) is 2.52. The quantitative estimate of drug-likeness (QED) is 0.549. The first kappa shape index (κ1) is 15.6. The van der Waals surface area contributed by atoms with Crippen LogP contribution in [-0.4, -0.2) is 0 Å². The summed E-state index contributed by atoms with van der Waals surface area (Å²) in [7, 11) is 0. The first-order valence-corrected chi connectivity index (χ1v) is 9.02. The zero-order chi connectivity index (χ0) is 15.7. The molecule has 2 heteroatoms. The van der Waals surface area contributed by atoms with E-state index in [1.54, 1.807) is 0 Å². The number of hydrogen-bond acceptors (Lipinski definition) is 1. The van der Waals surface area contributed by atoms with Crippen LogP contribution in [0.25, 0.3) is 0 Å². The molecule has 116 valence electrons. The maximum Gasteiger partial charge on any atom is 0.131 e. The Bertz CT molecular complexity index is 675. The Hall–Kier alpha value is -1.28. The van der Waals surface area contributed by atoms with Crippen molar-refractivity contribution < 1.29 is 4.74 Å². The van der Waals surface area contributed by atoms with Gasteiger partial charge in [-0.2, -0.15) is 0 Å². The van der Waals surface area contributed by atoms with Crippen LogP contribution in [0.2, 0.25) is 0 Å². The van der Waals surface area contributed by atoms with Gasteiger partial charge in [0.25, 0.3) is 0 Å². The normalized spacial score (nSPS) is 16.4. The fraction of sp³-hybridized carbons (Fsp3) is 0.400. The van der Waals surface area contributed by atoms with Crippen molar-refractivity contribution in [3.63, 3.8) is 0 Å². The molecule has 0 saturated heterocycles. The molecule has 1 aliphatic heterocycles. The maximum atomic E-state index is 6.19. The van der Waals surface area contributed by atoms with Crippen molar-refractivity contribution in [2.45, 2.75) is 50.3 Å². The summed E-state index contributed by atoms with van der Waals surface area (Å²) < 4.78 is 6.19. The highest BCUT2D eigenvalue weighted by Gasteiger charge is 2.36. The van der Waals surface area contributed by atoms with E-state index in [9.17, 15) is 0 Å². The van der Waals surface area contributed by atoms with Crippen LogP contribution in [0.5, 0.6) is 11.5 Å². The summed E-state index contributed by atoms with van der Waals surface area (Å²) in [6.07, 6.45) is 3.61. The van der Waals surface area contributed by atoms with Crippen LogP contribution in [-0.2, 0) is 5.41 Å². The molecule has 0 fully saturated rings. The molecule has 1 atom stereocenters. The Morgan fingerprint density at radius 1 is 1.05 bits per heavy atom. The zero-order valence-corrected chi connectivity index (χ0v) is 15.1. The molecule has 0 amide bonds. The van der Waals surface area contributed by atoms with Crippen molar-refractivity contribution in [3.05, 3.63) is 59.2 Å². The molecular formula is C20H23BrO. The van der Waals surface area contributed by atoms with E-state index in [1.165, 1.54) is 29.5 Å². The molecule has 2 aromatic rings. The van der Waals surface area contributed by atoms with Gasteiger partial charge in [0.05, 0.1) is 0 Å². The summed E-state index contributed by atoms with van der Waals surface area (Å²) in [5, 5.41) is 0. The largest absolute Gasteiger partial charge is 0.457 e. The number of benzene rings is 2. The minimum absolute atomic E-state index is 0.0427. The van der Waals surface area contributed by atoms with Crippen molar-refractivity contribution >= 4 is 15.9 Å². The Balaban J connectivity index is 2.10. The van der Waals surface area contributed by atoms with E-state index in [0.29, 0.717) is 4.83 Å². The predicted octanol–water partition coefficient (Wildman–Crippen LogP) is 6.74. The second-order valence-electron chi connectivity index (χ2n) is 6.55. The van der Waals surface area contributed by atoms with Crippen LogP contribution in [0.1, 0.15) is 61.6 Å². The fourth-order valence-electron chi connectivity index (χ4n) is 3.43.